The summed E-state index contributed by atoms with van der Waals surface area (Å²) in [7, 11) is 0.773. The van der Waals surface area contributed by atoms with Crippen molar-refractivity contribution in [2.24, 2.45) is 0 Å². The van der Waals surface area contributed by atoms with Gasteiger partial charge < -0.3 is 25.0 Å². The van der Waals surface area contributed by atoms with Crippen LogP contribution in [0.25, 0.3) is 11.2 Å². The summed E-state index contributed by atoms with van der Waals surface area (Å²) in [4.78, 5) is 24.4. The molecule has 2 heterocycles. The van der Waals surface area contributed by atoms with Crippen LogP contribution in [0.3, 0.4) is 0 Å². The average Bonchev–Trinajstić information content (AvgIpc) is 3.12. The Morgan fingerprint density at radius 1 is 1.33 bits per heavy atom. The highest BCUT2D eigenvalue weighted by Crippen LogP contribution is 2.28. The second-order valence-corrected chi connectivity index (χ2v) is 8.51. The predicted molar refractivity (Wildman–Crippen MR) is 117 cm³/mol. The third kappa shape index (κ3) is 6.73. The number of imidazole rings is 1. The molecule has 0 aliphatic carbocycles. The number of rotatable bonds is 12. The minimum Gasteiger partial charge on any atom is -0.462 e. The maximum absolute atomic E-state index is 11.6. The van der Waals surface area contributed by atoms with Crippen molar-refractivity contribution in [3.05, 3.63) is 6.33 Å². The summed E-state index contributed by atoms with van der Waals surface area (Å²) < 4.78 is 18.9. The lowest BCUT2D eigenvalue weighted by atomic mass is 10.3. The quantitative estimate of drug-likeness (QED) is 0.332. The Labute approximate surface area is 178 Å². The van der Waals surface area contributed by atoms with Gasteiger partial charge in [0.05, 0.1) is 40.0 Å². The van der Waals surface area contributed by atoms with Crippen LogP contribution in [-0.2, 0) is 18.8 Å². The highest BCUT2D eigenvalue weighted by atomic mass is 31.2. The summed E-state index contributed by atoms with van der Waals surface area (Å²) in [5, 5.41) is 6.02. The summed E-state index contributed by atoms with van der Waals surface area (Å²) in [6.07, 6.45) is 1.81. The van der Waals surface area contributed by atoms with E-state index in [1.165, 1.54) is 0 Å². The second kappa shape index (κ2) is 11.4. The van der Waals surface area contributed by atoms with Gasteiger partial charge in [0.1, 0.15) is 6.23 Å². The standard InChI is InChI=1S/C18H32N7O4P/c1-7-13(9-27-30(6)22-8-14(26)28-11(2)3)29-12(4)25-10-21-15-16(20-5)23-18(19)24-17(15)25/h10-13,22H,7-9H2,1-6H3,(H3,19,20,23,24). The Morgan fingerprint density at radius 2 is 2.07 bits per heavy atom. The Kier molecular flexibility index (Phi) is 9.16. The summed E-state index contributed by atoms with van der Waals surface area (Å²) in [6.45, 7) is 9.98. The number of carbonyl (C=O) groups excluding carboxylic acids is 1. The van der Waals surface area contributed by atoms with Gasteiger partial charge in [0.25, 0.3) is 0 Å². The Morgan fingerprint density at radius 3 is 2.70 bits per heavy atom. The lowest BCUT2D eigenvalue weighted by molar-refractivity contribution is -0.145. The molecule has 0 aliphatic heterocycles. The van der Waals surface area contributed by atoms with Gasteiger partial charge in [-0.3, -0.25) is 14.4 Å². The number of esters is 1. The first-order valence-corrected chi connectivity index (χ1v) is 11.6. The predicted octanol–water partition coefficient (Wildman–Crippen LogP) is 2.26. The molecule has 0 aliphatic rings. The number of nitrogen functional groups attached to an aromatic ring is 1. The Bertz CT molecular complexity index is 832. The van der Waals surface area contributed by atoms with Crippen molar-refractivity contribution >= 4 is 37.2 Å². The zero-order valence-electron chi connectivity index (χ0n) is 18.4. The van der Waals surface area contributed by atoms with Gasteiger partial charge in [-0.15, -0.1) is 0 Å². The first-order chi connectivity index (χ1) is 14.2. The van der Waals surface area contributed by atoms with E-state index in [9.17, 15) is 4.79 Å². The molecule has 0 bridgehead atoms. The molecule has 2 aromatic heterocycles. The largest absolute Gasteiger partial charge is 0.462 e. The summed E-state index contributed by atoms with van der Waals surface area (Å²) in [5.74, 6) is 0.432. The maximum atomic E-state index is 11.6. The van der Waals surface area contributed by atoms with Crippen LogP contribution in [0.2, 0.25) is 0 Å². The van der Waals surface area contributed by atoms with Gasteiger partial charge in [-0.2, -0.15) is 9.97 Å². The maximum Gasteiger partial charge on any atom is 0.320 e. The van der Waals surface area contributed by atoms with Gasteiger partial charge >= 0.3 is 5.97 Å². The number of aromatic nitrogens is 4. The van der Waals surface area contributed by atoms with Crippen molar-refractivity contribution in [1.29, 1.82) is 0 Å². The van der Waals surface area contributed by atoms with Crippen molar-refractivity contribution in [1.82, 2.24) is 24.6 Å². The van der Waals surface area contributed by atoms with Gasteiger partial charge in [0, 0.05) is 7.05 Å². The Hall–Kier alpha value is -2.07. The van der Waals surface area contributed by atoms with Crippen molar-refractivity contribution in [3.63, 3.8) is 0 Å². The van der Waals surface area contributed by atoms with E-state index in [4.69, 9.17) is 19.7 Å². The normalized spacial score (nSPS) is 14.6. The fourth-order valence-corrected chi connectivity index (χ4v) is 3.53. The van der Waals surface area contributed by atoms with Crippen LogP contribution in [0.1, 0.15) is 40.3 Å². The lowest BCUT2D eigenvalue weighted by Gasteiger charge is -2.24. The molecule has 0 spiro atoms. The smallest absolute Gasteiger partial charge is 0.320 e. The molecule has 12 heteroatoms. The molecule has 0 amide bonds. The highest BCUT2D eigenvalue weighted by molar-refractivity contribution is 7.49. The highest BCUT2D eigenvalue weighted by Gasteiger charge is 2.19. The number of carbonyl (C=O) groups is 1. The minimum absolute atomic E-state index is 0.115. The van der Waals surface area contributed by atoms with E-state index in [1.54, 1.807) is 13.4 Å². The number of hydrogen-bond acceptors (Lipinski definition) is 10. The van der Waals surface area contributed by atoms with Crippen LogP contribution in [0, 0.1) is 0 Å². The molecule has 4 N–H and O–H groups in total. The molecular formula is C18H32N7O4P. The first-order valence-electron chi connectivity index (χ1n) is 9.88. The van der Waals surface area contributed by atoms with Crippen LogP contribution in [0.15, 0.2) is 6.33 Å². The zero-order chi connectivity index (χ0) is 22.3. The fraction of sp³-hybridized carbons (Fsp3) is 0.667. The minimum atomic E-state index is -0.981. The molecule has 3 atom stereocenters. The molecule has 11 nitrogen and oxygen atoms in total. The molecule has 0 radical (unpaired) electrons. The number of nitrogens with zero attached hydrogens (tertiary/aromatic N) is 4. The van der Waals surface area contributed by atoms with E-state index in [0.29, 0.717) is 23.6 Å². The number of hydrogen-bond donors (Lipinski definition) is 3. The zero-order valence-corrected chi connectivity index (χ0v) is 19.3. The molecule has 0 saturated carbocycles. The number of anilines is 2. The first kappa shape index (κ1) is 24.2. The van der Waals surface area contributed by atoms with Crippen LogP contribution in [0.5, 0.6) is 0 Å². The van der Waals surface area contributed by atoms with E-state index in [-0.39, 0.29) is 36.9 Å². The van der Waals surface area contributed by atoms with E-state index < -0.39 is 8.30 Å². The van der Waals surface area contributed by atoms with Crippen LogP contribution in [0.4, 0.5) is 11.8 Å². The van der Waals surface area contributed by atoms with Crippen LogP contribution < -0.4 is 16.1 Å². The van der Waals surface area contributed by atoms with E-state index in [1.807, 2.05) is 38.9 Å². The third-order valence-electron chi connectivity index (χ3n) is 4.18. The van der Waals surface area contributed by atoms with E-state index in [0.717, 1.165) is 6.42 Å². The van der Waals surface area contributed by atoms with Gasteiger partial charge in [0.2, 0.25) is 5.95 Å². The van der Waals surface area contributed by atoms with Crippen molar-refractivity contribution in [3.8, 4) is 0 Å². The van der Waals surface area contributed by atoms with E-state index in [2.05, 4.69) is 25.4 Å². The van der Waals surface area contributed by atoms with Crippen molar-refractivity contribution in [2.75, 3.05) is 37.9 Å². The summed E-state index contributed by atoms with van der Waals surface area (Å²) >= 11 is 0. The molecule has 0 fully saturated rings. The second-order valence-electron chi connectivity index (χ2n) is 6.94. The van der Waals surface area contributed by atoms with Crippen LogP contribution >= 0.6 is 8.30 Å². The van der Waals surface area contributed by atoms with Crippen molar-refractivity contribution in [2.45, 2.75) is 52.6 Å². The number of ether oxygens (including phenoxy) is 2. The summed E-state index contributed by atoms with van der Waals surface area (Å²) in [6, 6.07) is 0. The molecule has 0 aromatic carbocycles. The number of nitrogens with two attached hydrogens (primary N) is 1. The van der Waals surface area contributed by atoms with Crippen molar-refractivity contribution < 1.29 is 18.8 Å². The molecule has 0 saturated heterocycles. The van der Waals surface area contributed by atoms with Gasteiger partial charge in [-0.05, 0) is 33.9 Å². The molecule has 2 aromatic rings. The van der Waals surface area contributed by atoms with Gasteiger partial charge in [-0.25, -0.2) is 4.98 Å². The van der Waals surface area contributed by atoms with E-state index >= 15 is 0 Å². The molecular weight excluding hydrogens is 409 g/mol. The molecule has 30 heavy (non-hydrogen) atoms. The Balaban J connectivity index is 1.92. The third-order valence-corrected chi connectivity index (χ3v) is 5.32. The van der Waals surface area contributed by atoms with Gasteiger partial charge in [0.15, 0.2) is 17.0 Å². The fourth-order valence-electron chi connectivity index (χ4n) is 2.69. The molecule has 3 unspecified atom stereocenters. The molecule has 168 valence electrons. The lowest BCUT2D eigenvalue weighted by Crippen LogP contribution is -2.26. The van der Waals surface area contributed by atoms with Crippen LogP contribution in [-0.4, -0.2) is 64.6 Å². The number of fused-ring (bicyclic) bond motifs is 1. The topological polar surface area (TPSA) is 138 Å². The van der Waals surface area contributed by atoms with Gasteiger partial charge in [-0.1, -0.05) is 6.92 Å². The summed E-state index contributed by atoms with van der Waals surface area (Å²) in [5.41, 5.74) is 7.03. The number of nitrogens with one attached hydrogen (secondary N) is 2. The average molecular weight is 441 g/mol. The SMILES string of the molecule is CCC(COP(C)NCC(=O)OC(C)C)OC(C)n1cnc2c(NC)nc(N)nc21. The molecule has 2 rings (SSSR count). The monoisotopic (exact) mass is 441 g/mol.